The van der Waals surface area contributed by atoms with Gasteiger partial charge in [0, 0.05) is 37.2 Å². The van der Waals surface area contributed by atoms with Crippen LogP contribution in [0, 0.1) is 0 Å². The number of ether oxygens (including phenoxy) is 1. The summed E-state index contributed by atoms with van der Waals surface area (Å²) in [6.45, 7) is 2.25. The summed E-state index contributed by atoms with van der Waals surface area (Å²) in [6.07, 6.45) is 2.77. The zero-order valence-electron chi connectivity index (χ0n) is 12.6. The normalized spacial score (nSPS) is 13.3. The summed E-state index contributed by atoms with van der Waals surface area (Å²) in [7, 11) is -1.23. The van der Waals surface area contributed by atoms with Crippen LogP contribution >= 0.6 is 11.6 Å². The maximum Gasteiger partial charge on any atom is 0.147 e. The molecule has 1 rings (SSSR count). The van der Waals surface area contributed by atoms with Gasteiger partial charge in [-0.2, -0.15) is 0 Å². The van der Waals surface area contributed by atoms with Crippen LogP contribution < -0.4 is 5.32 Å². The number of methoxy groups -OCH3 is 1. The van der Waals surface area contributed by atoms with Crippen molar-refractivity contribution in [1.82, 2.24) is 5.32 Å². The Bertz CT molecular complexity index is 502. The molecule has 1 atom stereocenters. The Balaban J connectivity index is 2.58. The fraction of sp³-hybridized carbons (Fsp3) is 0.600. The monoisotopic (exact) mass is 333 g/mol. The average Bonchev–Trinajstić information content (AvgIpc) is 2.41. The largest absolute Gasteiger partial charge is 0.383 e. The van der Waals surface area contributed by atoms with Crippen LogP contribution in [0.5, 0.6) is 0 Å². The Morgan fingerprint density at radius 1 is 1.29 bits per heavy atom. The minimum absolute atomic E-state index is 0.231. The van der Waals surface area contributed by atoms with Gasteiger partial charge in [0.1, 0.15) is 9.84 Å². The molecule has 0 saturated heterocycles. The molecule has 0 aliphatic carbocycles. The Kier molecular flexibility index (Phi) is 8.26. The number of benzene rings is 1. The molecule has 0 heterocycles. The average molecular weight is 334 g/mol. The van der Waals surface area contributed by atoms with Gasteiger partial charge in [0.2, 0.25) is 0 Å². The quantitative estimate of drug-likeness (QED) is 0.668. The van der Waals surface area contributed by atoms with Crippen molar-refractivity contribution in [2.75, 3.05) is 38.8 Å². The van der Waals surface area contributed by atoms with Crippen LogP contribution in [0.1, 0.15) is 24.3 Å². The van der Waals surface area contributed by atoms with Crippen LogP contribution in [0.3, 0.4) is 0 Å². The van der Waals surface area contributed by atoms with Crippen molar-refractivity contribution in [3.05, 3.63) is 34.9 Å². The number of halogens is 1. The van der Waals surface area contributed by atoms with Crippen molar-refractivity contribution >= 4 is 21.4 Å². The minimum Gasteiger partial charge on any atom is -0.383 e. The zero-order valence-corrected chi connectivity index (χ0v) is 14.2. The minimum atomic E-state index is -2.90. The molecule has 1 N–H and O–H groups in total. The zero-order chi connectivity index (χ0) is 15.7. The van der Waals surface area contributed by atoms with Gasteiger partial charge in [-0.3, -0.25) is 0 Å². The van der Waals surface area contributed by atoms with E-state index in [1.165, 1.54) is 11.8 Å². The summed E-state index contributed by atoms with van der Waals surface area (Å²) in [5.74, 6) is 0.510. The number of hydrogen-bond acceptors (Lipinski definition) is 4. The Morgan fingerprint density at radius 3 is 2.52 bits per heavy atom. The van der Waals surface area contributed by atoms with E-state index in [1.54, 1.807) is 7.11 Å². The van der Waals surface area contributed by atoms with Crippen LogP contribution in [-0.4, -0.2) is 47.2 Å². The fourth-order valence-corrected chi connectivity index (χ4v) is 2.98. The highest BCUT2D eigenvalue weighted by Crippen LogP contribution is 2.22. The van der Waals surface area contributed by atoms with Crippen LogP contribution in [0.15, 0.2) is 24.3 Å². The maximum atomic E-state index is 11.2. The van der Waals surface area contributed by atoms with E-state index >= 15 is 0 Å². The van der Waals surface area contributed by atoms with Crippen molar-refractivity contribution in [2.45, 2.75) is 18.8 Å². The molecule has 0 spiro atoms. The van der Waals surface area contributed by atoms with Gasteiger partial charge in [-0.05, 0) is 36.5 Å². The maximum absolute atomic E-state index is 11.2. The van der Waals surface area contributed by atoms with Gasteiger partial charge >= 0.3 is 0 Å². The lowest BCUT2D eigenvalue weighted by Gasteiger charge is -2.18. The third-order valence-corrected chi connectivity index (χ3v) is 4.57. The van der Waals surface area contributed by atoms with E-state index in [1.807, 2.05) is 24.3 Å². The number of nitrogens with one attached hydrogen (secondary N) is 1. The molecule has 21 heavy (non-hydrogen) atoms. The van der Waals surface area contributed by atoms with Crippen molar-refractivity contribution in [3.8, 4) is 0 Å². The van der Waals surface area contributed by atoms with Gasteiger partial charge in [-0.25, -0.2) is 8.42 Å². The summed E-state index contributed by atoms with van der Waals surface area (Å²) < 4.78 is 27.5. The lowest BCUT2D eigenvalue weighted by atomic mass is 9.94. The van der Waals surface area contributed by atoms with E-state index in [-0.39, 0.29) is 11.7 Å². The van der Waals surface area contributed by atoms with Gasteiger partial charge in [-0.15, -0.1) is 0 Å². The summed E-state index contributed by atoms with van der Waals surface area (Å²) in [5, 5.41) is 4.05. The molecule has 1 aromatic carbocycles. The second-order valence-electron chi connectivity index (χ2n) is 5.22. The molecular formula is C15H24ClNO3S. The second kappa shape index (κ2) is 9.41. The summed E-state index contributed by atoms with van der Waals surface area (Å²) in [4.78, 5) is 0. The molecule has 0 fully saturated rings. The molecule has 0 aromatic heterocycles. The lowest BCUT2D eigenvalue weighted by Crippen LogP contribution is -2.25. The summed E-state index contributed by atoms with van der Waals surface area (Å²) >= 11 is 5.91. The van der Waals surface area contributed by atoms with Crippen LogP contribution in [0.4, 0.5) is 0 Å². The van der Waals surface area contributed by atoms with E-state index in [0.717, 1.165) is 19.5 Å². The second-order valence-corrected chi connectivity index (χ2v) is 7.91. The fourth-order valence-electron chi connectivity index (χ4n) is 2.16. The molecule has 0 radical (unpaired) electrons. The van der Waals surface area contributed by atoms with E-state index < -0.39 is 9.84 Å². The Labute approximate surface area is 132 Å². The van der Waals surface area contributed by atoms with Crippen molar-refractivity contribution < 1.29 is 13.2 Å². The highest BCUT2D eigenvalue weighted by atomic mass is 35.5. The first-order valence-electron chi connectivity index (χ1n) is 7.05. The van der Waals surface area contributed by atoms with Crippen molar-refractivity contribution in [3.63, 3.8) is 0 Å². The molecule has 120 valence electrons. The third kappa shape index (κ3) is 8.41. The van der Waals surface area contributed by atoms with Crippen LogP contribution in [-0.2, 0) is 14.6 Å². The van der Waals surface area contributed by atoms with Crippen LogP contribution in [0.25, 0.3) is 0 Å². The van der Waals surface area contributed by atoms with Gasteiger partial charge < -0.3 is 10.1 Å². The summed E-state index contributed by atoms with van der Waals surface area (Å²) in [5.41, 5.74) is 1.18. The molecule has 0 aliphatic rings. The first-order chi connectivity index (χ1) is 9.92. The Morgan fingerprint density at radius 2 is 1.95 bits per heavy atom. The molecule has 4 nitrogen and oxygen atoms in total. The molecule has 0 saturated carbocycles. The smallest absolute Gasteiger partial charge is 0.147 e. The van der Waals surface area contributed by atoms with Gasteiger partial charge in [-0.1, -0.05) is 23.7 Å². The molecule has 0 bridgehead atoms. The molecule has 0 amide bonds. The van der Waals surface area contributed by atoms with Gasteiger partial charge in [0.15, 0.2) is 0 Å². The predicted octanol–water partition coefficient (Wildman–Crippen LogP) is 2.48. The van der Waals surface area contributed by atoms with Gasteiger partial charge in [0.05, 0.1) is 6.61 Å². The highest BCUT2D eigenvalue weighted by molar-refractivity contribution is 7.90. The van der Waals surface area contributed by atoms with E-state index in [9.17, 15) is 8.42 Å². The van der Waals surface area contributed by atoms with E-state index in [2.05, 4.69) is 5.32 Å². The standard InChI is InChI=1S/C15H24ClNO3S/c1-20-10-9-17-12-14(4-3-11-21(2,18)19)13-5-7-15(16)8-6-13/h5-8,14,17H,3-4,9-12H2,1-2H3. The first kappa shape index (κ1) is 18.4. The van der Waals surface area contributed by atoms with Gasteiger partial charge in [0.25, 0.3) is 0 Å². The van der Waals surface area contributed by atoms with E-state index in [4.69, 9.17) is 16.3 Å². The molecule has 0 aliphatic heterocycles. The number of rotatable bonds is 10. The topological polar surface area (TPSA) is 55.4 Å². The van der Waals surface area contributed by atoms with E-state index in [0.29, 0.717) is 18.1 Å². The van der Waals surface area contributed by atoms with Crippen LogP contribution in [0.2, 0.25) is 5.02 Å². The first-order valence-corrected chi connectivity index (χ1v) is 9.49. The Hall–Kier alpha value is -0.620. The third-order valence-electron chi connectivity index (χ3n) is 3.28. The molecular weight excluding hydrogens is 310 g/mol. The molecule has 1 aromatic rings. The van der Waals surface area contributed by atoms with Crippen molar-refractivity contribution in [2.24, 2.45) is 0 Å². The molecule has 6 heteroatoms. The predicted molar refractivity (Wildman–Crippen MR) is 87.9 cm³/mol. The summed E-state index contributed by atoms with van der Waals surface area (Å²) in [6, 6.07) is 7.75. The number of hydrogen-bond donors (Lipinski definition) is 1. The number of sulfone groups is 1. The lowest BCUT2D eigenvalue weighted by molar-refractivity contribution is 0.198. The SMILES string of the molecule is COCCNCC(CCCS(C)(=O)=O)c1ccc(Cl)cc1. The highest BCUT2D eigenvalue weighted by Gasteiger charge is 2.13. The van der Waals surface area contributed by atoms with Crippen molar-refractivity contribution in [1.29, 1.82) is 0 Å². The molecule has 1 unspecified atom stereocenters.